The van der Waals surface area contributed by atoms with Crippen molar-refractivity contribution < 1.29 is 14.8 Å². The number of carbonyl (C=O) groups excluding carboxylic acids is 2. The minimum atomic E-state index is -0.405. The molecule has 1 atom stereocenters. The Hall–Kier alpha value is -2.66. The first-order valence-corrected chi connectivity index (χ1v) is 9.43. The minimum Gasteiger partial charge on any atom is -0.356 e. The summed E-state index contributed by atoms with van der Waals surface area (Å²) in [7, 11) is 0. The van der Waals surface area contributed by atoms with Crippen LogP contribution in [0, 0.1) is 12.3 Å². The smallest absolute Gasteiger partial charge is 0.277 e. The Balaban J connectivity index is 1.49. The van der Waals surface area contributed by atoms with Crippen LogP contribution < -0.4 is 5.32 Å². The van der Waals surface area contributed by atoms with Crippen molar-refractivity contribution in [1.82, 2.24) is 10.4 Å². The first-order chi connectivity index (χ1) is 13.0. The van der Waals surface area contributed by atoms with Gasteiger partial charge in [-0.2, -0.15) is 0 Å². The third-order valence-electron chi connectivity index (χ3n) is 5.91. The molecule has 1 aliphatic carbocycles. The zero-order valence-corrected chi connectivity index (χ0v) is 15.5. The number of carbonyl (C=O) groups is 2. The fourth-order valence-electron chi connectivity index (χ4n) is 4.20. The van der Waals surface area contributed by atoms with E-state index < -0.39 is 5.91 Å². The molecule has 1 saturated heterocycles. The van der Waals surface area contributed by atoms with E-state index in [4.69, 9.17) is 0 Å². The van der Waals surface area contributed by atoms with Gasteiger partial charge in [0, 0.05) is 12.1 Å². The van der Waals surface area contributed by atoms with Gasteiger partial charge >= 0.3 is 0 Å². The van der Waals surface area contributed by atoms with Crippen LogP contribution in [-0.4, -0.2) is 28.6 Å². The summed E-state index contributed by atoms with van der Waals surface area (Å²) < 4.78 is 0. The van der Waals surface area contributed by atoms with Gasteiger partial charge in [0.15, 0.2) is 0 Å². The van der Waals surface area contributed by atoms with Crippen LogP contribution >= 0.6 is 0 Å². The Morgan fingerprint density at radius 3 is 2.63 bits per heavy atom. The molecule has 140 valence electrons. The molecule has 2 aromatic carbocycles. The molecule has 2 aromatic rings. The van der Waals surface area contributed by atoms with E-state index in [0.29, 0.717) is 5.56 Å². The molecule has 2 N–H and O–H groups in total. The molecule has 1 heterocycles. The summed E-state index contributed by atoms with van der Waals surface area (Å²) >= 11 is 0. The molecule has 1 fully saturated rings. The van der Waals surface area contributed by atoms with Gasteiger partial charge in [-0.25, -0.2) is 5.06 Å². The van der Waals surface area contributed by atoms with E-state index in [1.54, 1.807) is 6.07 Å². The minimum absolute atomic E-state index is 0.152. The molecule has 27 heavy (non-hydrogen) atoms. The molecule has 4 rings (SSSR count). The number of fused-ring (bicyclic) bond motifs is 1. The monoisotopic (exact) mass is 364 g/mol. The number of nitrogens with one attached hydrogen (secondary N) is 1. The summed E-state index contributed by atoms with van der Waals surface area (Å²) in [5, 5.41) is 13.9. The van der Waals surface area contributed by atoms with Gasteiger partial charge < -0.3 is 5.32 Å². The maximum Gasteiger partial charge on any atom is 0.277 e. The lowest BCUT2D eigenvalue weighted by molar-refractivity contribution is -0.128. The van der Waals surface area contributed by atoms with Gasteiger partial charge in [-0.3, -0.25) is 14.8 Å². The van der Waals surface area contributed by atoms with Crippen LogP contribution in [0.3, 0.4) is 0 Å². The second-order valence-corrected chi connectivity index (χ2v) is 7.79. The van der Waals surface area contributed by atoms with Crippen molar-refractivity contribution in [2.45, 2.75) is 39.2 Å². The standard InChI is InChI=1S/C22H24N2O3/c1-15-2-4-16(5-3-15)14-24(27)20(25)18-6-7-19-13-22(9-8-17(19)12-18)10-11-23-21(22)26/h2-7,12,27H,8-11,13-14H2,1H3,(H,23,26). The average Bonchev–Trinajstić information content (AvgIpc) is 3.02. The Morgan fingerprint density at radius 2 is 1.93 bits per heavy atom. The van der Waals surface area contributed by atoms with Crippen molar-refractivity contribution in [3.05, 3.63) is 70.3 Å². The van der Waals surface area contributed by atoms with Gasteiger partial charge in [0.1, 0.15) is 0 Å². The van der Waals surface area contributed by atoms with Crippen LogP contribution in [0.2, 0.25) is 0 Å². The topological polar surface area (TPSA) is 69.6 Å². The van der Waals surface area contributed by atoms with E-state index >= 15 is 0 Å². The van der Waals surface area contributed by atoms with Crippen LogP contribution in [0.25, 0.3) is 0 Å². The summed E-state index contributed by atoms with van der Waals surface area (Å²) in [5.41, 5.74) is 4.47. The Bertz CT molecular complexity index is 891. The number of benzene rings is 2. The molecule has 2 aliphatic rings. The molecule has 0 radical (unpaired) electrons. The zero-order chi connectivity index (χ0) is 19.0. The highest BCUT2D eigenvalue weighted by Gasteiger charge is 2.44. The van der Waals surface area contributed by atoms with Crippen LogP contribution in [0.4, 0.5) is 0 Å². The molecular weight excluding hydrogens is 340 g/mol. The predicted molar refractivity (Wildman–Crippen MR) is 101 cm³/mol. The number of nitrogens with zero attached hydrogens (tertiary/aromatic N) is 1. The summed E-state index contributed by atoms with van der Waals surface area (Å²) in [5.74, 6) is -0.245. The molecule has 5 heteroatoms. The quantitative estimate of drug-likeness (QED) is 0.650. The highest BCUT2D eigenvalue weighted by atomic mass is 16.5. The Morgan fingerprint density at radius 1 is 1.15 bits per heavy atom. The highest BCUT2D eigenvalue weighted by molar-refractivity contribution is 5.94. The molecule has 5 nitrogen and oxygen atoms in total. The zero-order valence-electron chi connectivity index (χ0n) is 15.5. The molecule has 2 amide bonds. The van der Waals surface area contributed by atoms with Crippen molar-refractivity contribution in [2.75, 3.05) is 6.54 Å². The van der Waals surface area contributed by atoms with Crippen LogP contribution in [0.1, 0.15) is 45.5 Å². The van der Waals surface area contributed by atoms with Crippen LogP contribution in [0.15, 0.2) is 42.5 Å². The number of hydroxylamine groups is 2. The Labute approximate surface area is 159 Å². The molecule has 1 unspecified atom stereocenters. The number of amides is 2. The maximum atomic E-state index is 12.6. The molecule has 1 spiro atoms. The average molecular weight is 364 g/mol. The van der Waals surface area contributed by atoms with E-state index in [0.717, 1.165) is 59.5 Å². The van der Waals surface area contributed by atoms with Gasteiger partial charge in [0.25, 0.3) is 5.91 Å². The molecule has 1 aliphatic heterocycles. The third-order valence-corrected chi connectivity index (χ3v) is 5.91. The largest absolute Gasteiger partial charge is 0.356 e. The summed E-state index contributed by atoms with van der Waals surface area (Å²) in [6.45, 7) is 2.90. The number of hydrogen-bond donors (Lipinski definition) is 2. The molecule has 0 aromatic heterocycles. The summed E-state index contributed by atoms with van der Waals surface area (Å²) in [6, 6.07) is 13.3. The van der Waals surface area contributed by atoms with Gasteiger partial charge in [-0.1, -0.05) is 35.9 Å². The number of rotatable bonds is 3. The normalized spacial score (nSPS) is 21.0. The van der Waals surface area contributed by atoms with Gasteiger partial charge in [0.05, 0.1) is 12.0 Å². The van der Waals surface area contributed by atoms with Crippen LogP contribution in [0.5, 0.6) is 0 Å². The van der Waals surface area contributed by atoms with Crippen molar-refractivity contribution in [3.63, 3.8) is 0 Å². The predicted octanol–water partition coefficient (Wildman–Crippen LogP) is 3.02. The highest BCUT2D eigenvalue weighted by Crippen LogP contribution is 2.41. The molecule has 0 bridgehead atoms. The number of hydrogen-bond acceptors (Lipinski definition) is 3. The summed E-state index contributed by atoms with van der Waals surface area (Å²) in [6.07, 6.45) is 3.21. The summed E-state index contributed by atoms with van der Waals surface area (Å²) in [4.78, 5) is 24.8. The van der Waals surface area contributed by atoms with Gasteiger partial charge in [0.2, 0.25) is 5.91 Å². The van der Waals surface area contributed by atoms with E-state index in [-0.39, 0.29) is 17.9 Å². The van der Waals surface area contributed by atoms with Crippen molar-refractivity contribution >= 4 is 11.8 Å². The molecule has 0 saturated carbocycles. The van der Waals surface area contributed by atoms with Crippen LogP contribution in [-0.2, 0) is 24.2 Å². The lowest BCUT2D eigenvalue weighted by Gasteiger charge is -2.32. The second-order valence-electron chi connectivity index (χ2n) is 7.79. The Kier molecular flexibility index (Phi) is 4.48. The first kappa shape index (κ1) is 17.7. The molecular formula is C22H24N2O3. The first-order valence-electron chi connectivity index (χ1n) is 9.43. The van der Waals surface area contributed by atoms with Crippen molar-refractivity contribution in [3.8, 4) is 0 Å². The van der Waals surface area contributed by atoms with E-state index in [2.05, 4.69) is 5.32 Å². The van der Waals surface area contributed by atoms with E-state index in [9.17, 15) is 14.8 Å². The van der Waals surface area contributed by atoms with Crippen molar-refractivity contribution in [2.24, 2.45) is 5.41 Å². The second kappa shape index (κ2) is 6.82. The van der Waals surface area contributed by atoms with E-state index in [1.165, 1.54) is 0 Å². The fraction of sp³-hybridized carbons (Fsp3) is 0.364. The van der Waals surface area contributed by atoms with Gasteiger partial charge in [-0.05, 0) is 61.4 Å². The maximum absolute atomic E-state index is 12.6. The lowest BCUT2D eigenvalue weighted by Crippen LogP contribution is -2.36. The number of aryl methyl sites for hydroxylation is 2. The van der Waals surface area contributed by atoms with Gasteiger partial charge in [-0.15, -0.1) is 0 Å². The lowest BCUT2D eigenvalue weighted by atomic mass is 9.70. The van der Waals surface area contributed by atoms with Crippen molar-refractivity contribution in [1.29, 1.82) is 0 Å². The van der Waals surface area contributed by atoms with E-state index in [1.807, 2.05) is 43.3 Å². The third kappa shape index (κ3) is 3.35. The SMILES string of the molecule is Cc1ccc(CN(O)C(=O)c2ccc3c(c2)CCC2(CCNC2=O)C3)cc1. The fourth-order valence-corrected chi connectivity index (χ4v) is 4.20.